The number of aryl methyl sites for hydroxylation is 1. The number of carbonyl (C=O) groups is 2. The van der Waals surface area contributed by atoms with Gasteiger partial charge >= 0.3 is 12.1 Å². The number of amides is 1. The monoisotopic (exact) mass is 333 g/mol. The summed E-state index contributed by atoms with van der Waals surface area (Å²) >= 11 is 0. The third-order valence-electron chi connectivity index (χ3n) is 4.11. The van der Waals surface area contributed by atoms with Gasteiger partial charge in [0.15, 0.2) is 6.04 Å². The first kappa shape index (κ1) is 18.3. The average molecular weight is 333 g/mol. The molecule has 1 fully saturated rings. The molecule has 0 spiro atoms. The highest BCUT2D eigenvalue weighted by Gasteiger charge is 2.50. The number of rotatable bonds is 7. The molecule has 5 nitrogen and oxygen atoms in total. The van der Waals surface area contributed by atoms with Crippen LogP contribution in [0.15, 0.2) is 30.3 Å². The maximum Gasteiger partial charge on any atom is 0.407 e. The third kappa shape index (κ3) is 5.25. The van der Waals surface area contributed by atoms with E-state index in [0.717, 1.165) is 25.7 Å². The van der Waals surface area contributed by atoms with Gasteiger partial charge in [-0.3, -0.25) is 0 Å². The Labute approximate surface area is 143 Å². The zero-order chi connectivity index (χ0) is 17.6. The lowest BCUT2D eigenvalue weighted by Gasteiger charge is -2.42. The number of hydrogen-bond acceptors (Lipinski definition) is 4. The normalized spacial score (nSPS) is 20.0. The molecule has 2 rings (SSSR count). The second kappa shape index (κ2) is 8.18. The number of nitrogens with one attached hydrogen (secondary N) is 1. The summed E-state index contributed by atoms with van der Waals surface area (Å²) in [5.41, 5.74) is 1.12. The number of hydrogen-bond donors (Lipinski definition) is 1. The second-order valence-electron chi connectivity index (χ2n) is 7.28. The first-order chi connectivity index (χ1) is 11.4. The Morgan fingerprint density at radius 2 is 1.88 bits per heavy atom. The van der Waals surface area contributed by atoms with Crippen molar-refractivity contribution in [2.24, 2.45) is 5.41 Å². The highest BCUT2D eigenvalue weighted by atomic mass is 16.6. The van der Waals surface area contributed by atoms with Crippen molar-refractivity contribution >= 4 is 12.1 Å². The minimum absolute atomic E-state index is 0.205. The molecule has 1 aliphatic heterocycles. The molecule has 0 unspecified atom stereocenters. The molecule has 24 heavy (non-hydrogen) atoms. The lowest BCUT2D eigenvalue weighted by molar-refractivity contribution is -0.188. The van der Waals surface area contributed by atoms with Crippen molar-refractivity contribution in [3.05, 3.63) is 35.9 Å². The molecule has 2 atom stereocenters. The van der Waals surface area contributed by atoms with Crippen LogP contribution in [0.25, 0.3) is 0 Å². The van der Waals surface area contributed by atoms with E-state index in [0.29, 0.717) is 6.61 Å². The van der Waals surface area contributed by atoms with E-state index in [1.165, 1.54) is 5.56 Å². The van der Waals surface area contributed by atoms with Crippen LogP contribution in [0, 0.1) is 5.41 Å². The van der Waals surface area contributed by atoms with Gasteiger partial charge < -0.3 is 14.8 Å². The summed E-state index contributed by atoms with van der Waals surface area (Å²) in [6, 6.07) is 9.73. The van der Waals surface area contributed by atoms with Crippen molar-refractivity contribution < 1.29 is 19.1 Å². The van der Waals surface area contributed by atoms with Crippen molar-refractivity contribution in [2.75, 3.05) is 6.61 Å². The van der Waals surface area contributed by atoms with Crippen molar-refractivity contribution in [1.29, 1.82) is 0 Å². The Hall–Kier alpha value is -2.04. The molecule has 1 heterocycles. The molecule has 0 saturated carbocycles. The van der Waals surface area contributed by atoms with Crippen LogP contribution in [-0.2, 0) is 20.7 Å². The van der Waals surface area contributed by atoms with Crippen molar-refractivity contribution in [3.8, 4) is 0 Å². The van der Waals surface area contributed by atoms with E-state index in [-0.39, 0.29) is 11.5 Å². The quantitative estimate of drug-likeness (QED) is 0.613. The topological polar surface area (TPSA) is 64.6 Å². The highest BCUT2D eigenvalue weighted by molar-refractivity contribution is 5.86. The highest BCUT2D eigenvalue weighted by Crippen LogP contribution is 2.32. The first-order valence-corrected chi connectivity index (χ1v) is 8.55. The molecule has 132 valence electrons. The zero-order valence-electron chi connectivity index (χ0n) is 14.7. The number of cyclic esters (lactones) is 1. The Morgan fingerprint density at radius 1 is 1.17 bits per heavy atom. The number of benzene rings is 1. The second-order valence-corrected chi connectivity index (χ2v) is 7.28. The van der Waals surface area contributed by atoms with E-state index in [9.17, 15) is 9.59 Å². The van der Waals surface area contributed by atoms with Crippen LogP contribution in [-0.4, -0.2) is 30.8 Å². The molecule has 0 bridgehead atoms. The van der Waals surface area contributed by atoms with Gasteiger partial charge in [-0.1, -0.05) is 51.1 Å². The van der Waals surface area contributed by atoms with Crippen LogP contribution in [0.4, 0.5) is 4.79 Å². The summed E-state index contributed by atoms with van der Waals surface area (Å²) < 4.78 is 10.3. The molecule has 1 saturated heterocycles. The SMILES string of the molecule is CC(C)(C)[C@@H]1OC(=O)[C@H]1NC(=O)OCCCCCc1ccccc1. The van der Waals surface area contributed by atoms with Crippen LogP contribution in [0.2, 0.25) is 0 Å². The predicted octanol–water partition coefficient (Wildman–Crippen LogP) is 3.47. The molecular weight excluding hydrogens is 306 g/mol. The van der Waals surface area contributed by atoms with E-state index in [1.54, 1.807) is 0 Å². The summed E-state index contributed by atoms with van der Waals surface area (Å²) in [5, 5.41) is 2.60. The lowest BCUT2D eigenvalue weighted by atomic mass is 9.81. The average Bonchev–Trinajstić information content (AvgIpc) is 2.53. The van der Waals surface area contributed by atoms with Crippen molar-refractivity contribution in [3.63, 3.8) is 0 Å². The van der Waals surface area contributed by atoms with Gasteiger partial charge in [0.05, 0.1) is 6.61 Å². The van der Waals surface area contributed by atoms with Crippen molar-refractivity contribution in [1.82, 2.24) is 5.32 Å². The van der Waals surface area contributed by atoms with Gasteiger partial charge in [-0.25, -0.2) is 9.59 Å². The zero-order valence-corrected chi connectivity index (χ0v) is 14.7. The number of alkyl carbamates (subject to hydrolysis) is 1. The molecular formula is C19H27NO4. The molecule has 1 N–H and O–H groups in total. The van der Waals surface area contributed by atoms with E-state index >= 15 is 0 Å². The Morgan fingerprint density at radius 3 is 2.50 bits per heavy atom. The van der Waals surface area contributed by atoms with Crippen molar-refractivity contribution in [2.45, 2.75) is 58.6 Å². The minimum atomic E-state index is -0.601. The Balaban J connectivity index is 1.57. The van der Waals surface area contributed by atoms with Gasteiger partial charge in [-0.05, 0) is 31.2 Å². The molecule has 0 aromatic heterocycles. The number of carbonyl (C=O) groups excluding carboxylic acids is 2. The number of ether oxygens (including phenoxy) is 2. The molecule has 1 aromatic rings. The molecule has 1 aliphatic rings. The van der Waals surface area contributed by atoms with Crippen LogP contribution in [0.1, 0.15) is 45.6 Å². The molecule has 0 radical (unpaired) electrons. The maximum atomic E-state index is 11.8. The summed E-state index contributed by atoms with van der Waals surface area (Å²) in [5.74, 6) is -0.394. The predicted molar refractivity (Wildman–Crippen MR) is 91.6 cm³/mol. The minimum Gasteiger partial charge on any atom is -0.457 e. The summed E-state index contributed by atoms with van der Waals surface area (Å²) in [4.78, 5) is 23.3. The van der Waals surface area contributed by atoms with Gasteiger partial charge in [0.2, 0.25) is 0 Å². The molecule has 1 aromatic carbocycles. The van der Waals surface area contributed by atoms with Crippen LogP contribution in [0.5, 0.6) is 0 Å². The summed E-state index contributed by atoms with van der Waals surface area (Å²) in [6.45, 7) is 6.27. The van der Waals surface area contributed by atoms with Crippen LogP contribution < -0.4 is 5.32 Å². The standard InChI is InChI=1S/C19H27NO4/c1-19(2,3)16-15(17(21)24-16)20-18(22)23-13-9-5-8-12-14-10-6-4-7-11-14/h4,6-7,10-11,15-16H,5,8-9,12-13H2,1-3H3,(H,20,22)/t15-,16+/m0/s1. The fraction of sp³-hybridized carbons (Fsp3) is 0.579. The van der Waals surface area contributed by atoms with Gasteiger partial charge in [-0.15, -0.1) is 0 Å². The maximum absolute atomic E-state index is 11.8. The van der Waals surface area contributed by atoms with E-state index < -0.39 is 18.1 Å². The molecule has 0 aliphatic carbocycles. The van der Waals surface area contributed by atoms with Gasteiger partial charge in [0, 0.05) is 5.41 Å². The van der Waals surface area contributed by atoms with E-state index in [4.69, 9.17) is 9.47 Å². The fourth-order valence-electron chi connectivity index (χ4n) is 2.72. The fourth-order valence-corrected chi connectivity index (χ4v) is 2.72. The summed E-state index contributed by atoms with van der Waals surface area (Å²) in [7, 11) is 0. The van der Waals surface area contributed by atoms with E-state index in [2.05, 4.69) is 17.4 Å². The van der Waals surface area contributed by atoms with Gasteiger partial charge in [0.1, 0.15) is 6.10 Å². The van der Waals surface area contributed by atoms with Crippen LogP contribution in [0.3, 0.4) is 0 Å². The Kier molecular flexibility index (Phi) is 6.23. The molecule has 5 heteroatoms. The Bertz CT molecular complexity index is 550. The van der Waals surface area contributed by atoms with Gasteiger partial charge in [-0.2, -0.15) is 0 Å². The lowest BCUT2D eigenvalue weighted by Crippen LogP contribution is -2.64. The third-order valence-corrected chi connectivity index (χ3v) is 4.11. The number of esters is 1. The largest absolute Gasteiger partial charge is 0.457 e. The van der Waals surface area contributed by atoms with Crippen LogP contribution >= 0.6 is 0 Å². The number of unbranched alkanes of at least 4 members (excludes halogenated alkanes) is 2. The van der Waals surface area contributed by atoms with E-state index in [1.807, 2.05) is 39.0 Å². The smallest absolute Gasteiger partial charge is 0.407 e. The summed E-state index contributed by atoms with van der Waals surface area (Å²) in [6.07, 6.45) is 3.07. The molecule has 1 amide bonds. The first-order valence-electron chi connectivity index (χ1n) is 8.55. The van der Waals surface area contributed by atoms with Gasteiger partial charge in [0.25, 0.3) is 0 Å².